The predicted molar refractivity (Wildman–Crippen MR) is 84.5 cm³/mol. The molecule has 5 heteroatoms. The molecule has 0 radical (unpaired) electrons. The number of nitrogens with zero attached hydrogens (tertiary/aromatic N) is 3. The first-order valence-electron chi connectivity index (χ1n) is 7.46. The Morgan fingerprint density at radius 3 is 3.10 bits per heavy atom. The highest BCUT2D eigenvalue weighted by Gasteiger charge is 2.17. The fraction of sp³-hybridized carbons (Fsp3) is 0.667. The molecule has 0 unspecified atom stereocenters. The van der Waals surface area contributed by atoms with Gasteiger partial charge in [0, 0.05) is 24.2 Å². The molecule has 0 spiro atoms. The number of aromatic nitrogens is 2. The first kappa shape index (κ1) is 14.0. The summed E-state index contributed by atoms with van der Waals surface area (Å²) in [6.07, 6.45) is 4.89. The highest BCUT2D eigenvalue weighted by atomic mass is 32.1. The zero-order valence-electron chi connectivity index (χ0n) is 12.6. The van der Waals surface area contributed by atoms with Crippen molar-refractivity contribution in [2.24, 2.45) is 5.92 Å². The molecule has 0 aliphatic carbocycles. The second-order valence-electron chi connectivity index (χ2n) is 6.04. The van der Waals surface area contributed by atoms with Crippen molar-refractivity contribution in [3.63, 3.8) is 0 Å². The van der Waals surface area contributed by atoms with Crippen LogP contribution in [0.2, 0.25) is 0 Å². The lowest BCUT2D eigenvalue weighted by molar-refractivity contribution is 0.206. The molecule has 1 aliphatic heterocycles. The maximum absolute atomic E-state index is 4.64. The Balaban J connectivity index is 1.60. The monoisotopic (exact) mass is 292 g/mol. The van der Waals surface area contributed by atoms with Crippen molar-refractivity contribution in [3.05, 3.63) is 22.5 Å². The number of thiazole rings is 1. The van der Waals surface area contributed by atoms with E-state index >= 15 is 0 Å². The van der Waals surface area contributed by atoms with Gasteiger partial charge in [0.1, 0.15) is 0 Å². The average molecular weight is 292 g/mol. The van der Waals surface area contributed by atoms with Crippen LogP contribution in [0.3, 0.4) is 0 Å². The van der Waals surface area contributed by atoms with Crippen molar-refractivity contribution in [1.29, 1.82) is 0 Å². The summed E-state index contributed by atoms with van der Waals surface area (Å²) in [6.45, 7) is 8.77. The Hall–Kier alpha value is -0.910. The van der Waals surface area contributed by atoms with E-state index in [2.05, 4.69) is 46.7 Å². The number of piperidine rings is 1. The molecule has 3 rings (SSSR count). The zero-order chi connectivity index (χ0) is 14.1. The maximum atomic E-state index is 4.64. The van der Waals surface area contributed by atoms with Crippen LogP contribution in [0.4, 0.5) is 0 Å². The van der Waals surface area contributed by atoms with E-state index in [0.29, 0.717) is 0 Å². The number of hydrogen-bond acceptors (Lipinski definition) is 4. The standard InChI is InChI=1S/C15H24N4S/c1-11-9-19-14(12(2)17-15(19)20-11)8-16-7-13-5-4-6-18(3)10-13/h9,13,16H,4-8,10H2,1-3H3/t13-/m1/s1. The molecule has 0 amide bonds. The molecule has 0 bridgehead atoms. The highest BCUT2D eigenvalue weighted by Crippen LogP contribution is 2.21. The first-order valence-corrected chi connectivity index (χ1v) is 8.28. The number of fused-ring (bicyclic) bond motifs is 1. The van der Waals surface area contributed by atoms with Crippen molar-refractivity contribution in [3.8, 4) is 0 Å². The summed E-state index contributed by atoms with van der Waals surface area (Å²) in [7, 11) is 2.23. The van der Waals surface area contributed by atoms with Gasteiger partial charge < -0.3 is 10.2 Å². The average Bonchev–Trinajstić information content (AvgIpc) is 2.87. The Bertz CT molecular complexity index is 586. The van der Waals surface area contributed by atoms with Gasteiger partial charge in [-0.25, -0.2) is 4.98 Å². The van der Waals surface area contributed by atoms with Gasteiger partial charge in [-0.3, -0.25) is 4.40 Å². The molecule has 1 aliphatic rings. The molecular weight excluding hydrogens is 268 g/mol. The number of nitrogens with one attached hydrogen (secondary N) is 1. The molecule has 0 aromatic carbocycles. The van der Waals surface area contributed by atoms with Crippen LogP contribution >= 0.6 is 11.3 Å². The maximum Gasteiger partial charge on any atom is 0.194 e. The summed E-state index contributed by atoms with van der Waals surface area (Å²) in [5, 5.41) is 3.64. The lowest BCUT2D eigenvalue weighted by atomic mass is 9.98. The lowest BCUT2D eigenvalue weighted by Gasteiger charge is -2.29. The van der Waals surface area contributed by atoms with Gasteiger partial charge in [-0.1, -0.05) is 0 Å². The van der Waals surface area contributed by atoms with E-state index in [1.807, 2.05) is 0 Å². The van der Waals surface area contributed by atoms with Crippen molar-refractivity contribution in [2.75, 3.05) is 26.7 Å². The summed E-state index contributed by atoms with van der Waals surface area (Å²) in [4.78, 5) is 9.53. The lowest BCUT2D eigenvalue weighted by Crippen LogP contribution is -2.37. The third-order valence-electron chi connectivity index (χ3n) is 4.19. The van der Waals surface area contributed by atoms with Gasteiger partial charge in [-0.2, -0.15) is 0 Å². The molecule has 4 nitrogen and oxygen atoms in total. The van der Waals surface area contributed by atoms with Crippen LogP contribution in [-0.4, -0.2) is 41.0 Å². The molecule has 1 N–H and O–H groups in total. The summed E-state index contributed by atoms with van der Waals surface area (Å²) in [5.41, 5.74) is 2.47. The molecular formula is C15H24N4S. The first-order chi connectivity index (χ1) is 9.63. The number of rotatable bonds is 4. The van der Waals surface area contributed by atoms with Gasteiger partial charge in [0.25, 0.3) is 0 Å². The Morgan fingerprint density at radius 2 is 2.30 bits per heavy atom. The topological polar surface area (TPSA) is 32.6 Å². The molecule has 1 atom stereocenters. The molecule has 110 valence electrons. The number of hydrogen-bond donors (Lipinski definition) is 1. The smallest absolute Gasteiger partial charge is 0.194 e. The third kappa shape index (κ3) is 2.90. The Kier molecular flexibility index (Phi) is 4.10. The van der Waals surface area contributed by atoms with Crippen molar-refractivity contribution < 1.29 is 0 Å². The van der Waals surface area contributed by atoms with Gasteiger partial charge in [0.15, 0.2) is 4.96 Å². The number of likely N-dealkylation sites (tertiary alicyclic amines) is 1. The molecule has 0 saturated carbocycles. The predicted octanol–water partition coefficient (Wildman–Crippen LogP) is 2.44. The third-order valence-corrected chi connectivity index (χ3v) is 5.09. The molecule has 2 aromatic rings. The van der Waals surface area contributed by atoms with E-state index in [0.717, 1.165) is 29.7 Å². The van der Waals surface area contributed by atoms with Gasteiger partial charge >= 0.3 is 0 Å². The molecule has 2 aromatic heterocycles. The van der Waals surface area contributed by atoms with E-state index in [-0.39, 0.29) is 0 Å². The number of imidazole rings is 1. The van der Waals surface area contributed by atoms with Crippen molar-refractivity contribution >= 4 is 16.3 Å². The quantitative estimate of drug-likeness (QED) is 0.939. The van der Waals surface area contributed by atoms with E-state index in [1.54, 1.807) is 11.3 Å². The van der Waals surface area contributed by atoms with Gasteiger partial charge in [-0.15, -0.1) is 11.3 Å². The van der Waals surface area contributed by atoms with Crippen LogP contribution in [0.15, 0.2) is 6.20 Å². The molecule has 1 fully saturated rings. The fourth-order valence-corrected chi connectivity index (χ4v) is 4.05. The highest BCUT2D eigenvalue weighted by molar-refractivity contribution is 7.17. The minimum atomic E-state index is 0.793. The van der Waals surface area contributed by atoms with E-state index in [1.165, 1.54) is 36.5 Å². The van der Waals surface area contributed by atoms with Crippen LogP contribution in [0.1, 0.15) is 29.1 Å². The van der Waals surface area contributed by atoms with Gasteiger partial charge in [0.2, 0.25) is 0 Å². The molecule has 1 saturated heterocycles. The van der Waals surface area contributed by atoms with E-state index in [9.17, 15) is 0 Å². The second-order valence-corrected chi connectivity index (χ2v) is 7.25. The Labute approximate surface area is 124 Å². The van der Waals surface area contributed by atoms with Crippen LogP contribution in [0.5, 0.6) is 0 Å². The summed E-state index contributed by atoms with van der Waals surface area (Å²) in [6, 6.07) is 0. The fourth-order valence-electron chi connectivity index (χ4n) is 3.16. The van der Waals surface area contributed by atoms with E-state index in [4.69, 9.17) is 0 Å². The van der Waals surface area contributed by atoms with Crippen LogP contribution in [0, 0.1) is 19.8 Å². The zero-order valence-corrected chi connectivity index (χ0v) is 13.5. The van der Waals surface area contributed by atoms with E-state index < -0.39 is 0 Å². The van der Waals surface area contributed by atoms with Gasteiger partial charge in [-0.05, 0) is 52.7 Å². The van der Waals surface area contributed by atoms with Crippen LogP contribution in [0.25, 0.3) is 4.96 Å². The van der Waals surface area contributed by atoms with Crippen LogP contribution in [-0.2, 0) is 6.54 Å². The van der Waals surface area contributed by atoms with Crippen molar-refractivity contribution in [1.82, 2.24) is 19.6 Å². The SMILES string of the molecule is Cc1cn2c(CNC[C@H]3CCCN(C)C3)c(C)nc2s1. The summed E-state index contributed by atoms with van der Waals surface area (Å²) < 4.78 is 2.25. The largest absolute Gasteiger partial charge is 0.311 e. The summed E-state index contributed by atoms with van der Waals surface area (Å²) >= 11 is 1.77. The molecule has 3 heterocycles. The van der Waals surface area contributed by atoms with Crippen molar-refractivity contribution in [2.45, 2.75) is 33.2 Å². The molecule has 20 heavy (non-hydrogen) atoms. The van der Waals surface area contributed by atoms with Crippen LogP contribution < -0.4 is 5.32 Å². The number of aryl methyl sites for hydroxylation is 2. The Morgan fingerprint density at radius 1 is 1.45 bits per heavy atom. The summed E-state index contributed by atoms with van der Waals surface area (Å²) in [5.74, 6) is 0.793. The normalized spacial score (nSPS) is 20.9. The van der Waals surface area contributed by atoms with Gasteiger partial charge in [0.05, 0.1) is 11.4 Å². The minimum absolute atomic E-state index is 0.793. The second kappa shape index (κ2) is 5.84. The minimum Gasteiger partial charge on any atom is -0.311 e.